The molecule has 4 aliphatic heterocycles. The van der Waals surface area contributed by atoms with E-state index in [1.54, 1.807) is 29.0 Å². The minimum Gasteiger partial charge on any atom is -0.391 e. The van der Waals surface area contributed by atoms with Crippen LogP contribution in [0.2, 0.25) is 0 Å². The maximum absolute atomic E-state index is 16.3. The van der Waals surface area contributed by atoms with Gasteiger partial charge < -0.3 is 45.6 Å². The van der Waals surface area contributed by atoms with Gasteiger partial charge in [0.05, 0.1) is 50.7 Å². The van der Waals surface area contributed by atoms with E-state index in [1.165, 1.54) is 29.4 Å². The van der Waals surface area contributed by atoms with Gasteiger partial charge >= 0.3 is 6.18 Å². The van der Waals surface area contributed by atoms with E-state index in [9.17, 15) is 46.6 Å². The molecule has 0 radical (unpaired) electrons. The minimum atomic E-state index is -5.03. The lowest BCUT2D eigenvalue weighted by atomic mass is 9.85. The van der Waals surface area contributed by atoms with E-state index in [1.807, 2.05) is 107 Å². The van der Waals surface area contributed by atoms with E-state index in [2.05, 4.69) is 40.7 Å². The van der Waals surface area contributed by atoms with Gasteiger partial charge in [0.1, 0.15) is 23.7 Å². The van der Waals surface area contributed by atoms with Crippen LogP contribution in [0.25, 0.3) is 21.6 Å². The number of rotatable bonds is 14. The Balaban J connectivity index is 0.718. The number of likely N-dealkylation sites (N-methyl/N-ethyl adjacent to an activating group) is 1. The van der Waals surface area contributed by atoms with Crippen LogP contribution >= 0.6 is 11.3 Å². The molecular formula is C65H75F5N12O6S. The summed E-state index contributed by atoms with van der Waals surface area (Å²) in [7, 11) is 1.96. The molecule has 4 aliphatic rings. The zero-order chi connectivity index (χ0) is 63.8. The number of piperazine rings is 2. The number of carbonyl (C=O) groups is 5. The van der Waals surface area contributed by atoms with Gasteiger partial charge in [0.2, 0.25) is 23.7 Å². The molecule has 5 amide bonds. The van der Waals surface area contributed by atoms with Crippen LogP contribution in [-0.4, -0.2) is 161 Å². The van der Waals surface area contributed by atoms with Crippen LogP contribution in [0.1, 0.15) is 104 Å². The molecule has 18 nitrogen and oxygen atoms in total. The predicted octanol–water partition coefficient (Wildman–Crippen LogP) is 9.20. The molecule has 0 unspecified atom stereocenters. The average Bonchev–Trinajstić information content (AvgIpc) is 2.41. The Kier molecular flexibility index (Phi) is 18.8. The van der Waals surface area contributed by atoms with Crippen molar-refractivity contribution in [1.29, 1.82) is 0 Å². The summed E-state index contributed by atoms with van der Waals surface area (Å²) < 4.78 is 72.4. The van der Waals surface area contributed by atoms with Crippen LogP contribution in [-0.2, 0) is 20.6 Å². The Bertz CT molecular complexity index is 3560. The second-order valence-electron chi connectivity index (χ2n) is 24.9. The molecule has 4 aromatic carbocycles. The number of aliphatic hydroxyl groups is 1. The fourth-order valence-electron chi connectivity index (χ4n) is 12.3. The number of alkyl halides is 3. The number of anilines is 4. The molecule has 10 rings (SSSR count). The first-order chi connectivity index (χ1) is 42.2. The van der Waals surface area contributed by atoms with Gasteiger partial charge in [-0.1, -0.05) is 45.0 Å². The van der Waals surface area contributed by atoms with Crippen molar-refractivity contribution in [3.05, 3.63) is 136 Å². The number of carbonyl (C=O) groups excluding carboxylic acids is 5. The second kappa shape index (κ2) is 26.2. The van der Waals surface area contributed by atoms with E-state index in [0.717, 1.165) is 39.5 Å². The van der Waals surface area contributed by atoms with Crippen molar-refractivity contribution in [3.63, 3.8) is 0 Å². The molecule has 24 heteroatoms. The zero-order valence-electron chi connectivity index (χ0n) is 51.1. The molecule has 6 aromatic rings. The molecule has 89 heavy (non-hydrogen) atoms. The van der Waals surface area contributed by atoms with Gasteiger partial charge in [-0.05, 0) is 119 Å². The van der Waals surface area contributed by atoms with Gasteiger partial charge in [0.15, 0.2) is 0 Å². The van der Waals surface area contributed by atoms with Crippen molar-refractivity contribution in [1.82, 2.24) is 40.3 Å². The highest BCUT2D eigenvalue weighted by Gasteiger charge is 2.45. The highest BCUT2D eigenvalue weighted by molar-refractivity contribution is 7.13. The summed E-state index contributed by atoms with van der Waals surface area (Å²) in [5, 5.41) is 19.3. The van der Waals surface area contributed by atoms with Crippen molar-refractivity contribution in [3.8, 4) is 21.6 Å². The normalized spacial score (nSPS) is 20.3. The number of nitrogens with one attached hydrogen (secondary N) is 3. The molecular weight excluding hydrogens is 1170 g/mol. The Morgan fingerprint density at radius 2 is 1.39 bits per heavy atom. The van der Waals surface area contributed by atoms with E-state index in [-0.39, 0.29) is 71.5 Å². The average molecular weight is 1250 g/mol. The number of hydrogen-bond acceptors (Lipinski definition) is 14. The maximum Gasteiger partial charge on any atom is 0.417 e. The lowest BCUT2D eigenvalue weighted by Gasteiger charge is -2.44. The highest BCUT2D eigenvalue weighted by atomic mass is 32.1. The van der Waals surface area contributed by atoms with Crippen molar-refractivity contribution in [2.24, 2.45) is 11.3 Å². The third kappa shape index (κ3) is 14.2. The fraction of sp³-hybridized carbons (Fsp3) is 0.446. The number of hydrogen-bond donors (Lipinski definition) is 4. The van der Waals surface area contributed by atoms with Gasteiger partial charge in [0, 0.05) is 118 Å². The first-order valence-electron chi connectivity index (χ1n) is 30.0. The van der Waals surface area contributed by atoms with Gasteiger partial charge in [-0.25, -0.2) is 23.7 Å². The summed E-state index contributed by atoms with van der Waals surface area (Å²) in [6.45, 7) is 17.0. The minimum absolute atomic E-state index is 0.00586. The van der Waals surface area contributed by atoms with Gasteiger partial charge in [-0.3, -0.25) is 28.9 Å². The van der Waals surface area contributed by atoms with Crippen LogP contribution in [0.5, 0.6) is 0 Å². The number of amides is 5. The number of aromatic nitrogens is 3. The summed E-state index contributed by atoms with van der Waals surface area (Å²) in [6.07, 6.45) is -1.80. The first-order valence-corrected chi connectivity index (χ1v) is 30.9. The summed E-state index contributed by atoms with van der Waals surface area (Å²) in [6, 6.07) is 17.1. The van der Waals surface area contributed by atoms with Crippen LogP contribution in [0, 0.1) is 29.9 Å². The molecule has 6 atom stereocenters. The number of aliphatic hydroxyl groups excluding tert-OH is 1. The summed E-state index contributed by atoms with van der Waals surface area (Å²) in [4.78, 5) is 95.6. The van der Waals surface area contributed by atoms with Gasteiger partial charge in [0.25, 0.3) is 11.8 Å². The van der Waals surface area contributed by atoms with Crippen molar-refractivity contribution < 1.29 is 51.0 Å². The number of piperidine rings is 1. The monoisotopic (exact) mass is 1250 g/mol. The van der Waals surface area contributed by atoms with E-state index >= 15 is 4.39 Å². The number of halogens is 5. The van der Waals surface area contributed by atoms with Crippen molar-refractivity contribution in [2.75, 3.05) is 86.0 Å². The molecule has 2 aromatic heterocycles. The number of thiazole rings is 1. The molecule has 0 spiro atoms. The van der Waals surface area contributed by atoms with E-state index in [0.29, 0.717) is 76.7 Å². The van der Waals surface area contributed by atoms with Crippen LogP contribution in [0.4, 0.5) is 45.0 Å². The Labute approximate surface area is 518 Å². The second-order valence-corrected chi connectivity index (χ2v) is 25.8. The molecule has 0 bridgehead atoms. The third-order valence-electron chi connectivity index (χ3n) is 17.8. The van der Waals surface area contributed by atoms with Crippen molar-refractivity contribution >= 4 is 63.9 Å². The Morgan fingerprint density at radius 1 is 0.742 bits per heavy atom. The highest BCUT2D eigenvalue weighted by Crippen LogP contribution is 2.39. The molecule has 4 saturated heterocycles. The maximum atomic E-state index is 16.3. The molecule has 4 fully saturated rings. The fourth-order valence-corrected chi connectivity index (χ4v) is 13.1. The number of benzene rings is 4. The molecule has 472 valence electrons. The number of likely N-dealkylation sites (tertiary alicyclic amines) is 1. The third-order valence-corrected chi connectivity index (χ3v) is 18.7. The Hall–Kier alpha value is -8.09. The topological polar surface area (TPSA) is 200 Å². The smallest absolute Gasteiger partial charge is 0.391 e. The quantitative estimate of drug-likeness (QED) is 0.0754. The van der Waals surface area contributed by atoms with Gasteiger partial charge in [-0.2, -0.15) is 13.2 Å². The van der Waals surface area contributed by atoms with Crippen LogP contribution in [0.3, 0.4) is 0 Å². The number of aryl methyl sites for hydroxylation is 1. The first kappa shape index (κ1) is 63.9. The zero-order valence-corrected chi connectivity index (χ0v) is 51.9. The number of β-amino-alcohol motifs (C(OH)–C–C–N with tert-alkyl or cyclic N) is 1. The van der Waals surface area contributed by atoms with Crippen molar-refractivity contribution in [2.45, 2.75) is 110 Å². The SMILES string of the molecule is Cc1ncsc1-c1ccc([C@H](C)NC(=O)[C@@H]2C[C@@H](O)CN2C(=O)[C@@H](NC(=O)c2ccc(N3CCC(C(=O)N4CCN(c5ncc(-c6cc(NC(=O)c7ccc(F)cc7C(F)(F)F)c(N7C[C@@H](C)N(C)[C@@H](C)C7)cc6F)cn5)CC4)CC3)cc2)C(C)(C)C)cc1. The van der Waals surface area contributed by atoms with Gasteiger partial charge in [-0.15, -0.1) is 11.3 Å². The van der Waals surface area contributed by atoms with E-state index < -0.39 is 76.2 Å². The predicted molar refractivity (Wildman–Crippen MR) is 332 cm³/mol. The van der Waals surface area contributed by atoms with E-state index in [4.69, 9.17) is 0 Å². The molecule has 4 N–H and O–H groups in total. The Morgan fingerprint density at radius 3 is 2.00 bits per heavy atom. The summed E-state index contributed by atoms with van der Waals surface area (Å²) >= 11 is 1.56. The standard InChI is InChI=1S/C65H75F5N12O6S/c1-37-33-81(34-38(2)77(37)8)54-30-52(67)50(29-53(54)75-59(85)49-18-15-46(66)27-51(49)65(68,69)70)45-31-71-63(72-32-45)80-25-23-79(24-26-80)61(87)44-19-21-78(22-20-44)47-16-13-43(14-17-47)58(84)76-57(64(5,6)7)62(88)82-35-48(83)28-55(82)60(86)74-39(3)41-9-11-42(12-10-41)56-40(4)73-36-89-56/h9-18,27,29-32,36-39,44,48,55,57,83H,19-26,28,33-35H2,1-8H3,(H,74,86)(H,75,85)(H,76,84)/t37-,38+,39-,48+,55-,57+/m0/s1. The number of nitrogens with zero attached hydrogens (tertiary/aromatic N) is 9. The lowest BCUT2D eigenvalue weighted by Crippen LogP contribution is -2.57. The molecule has 6 heterocycles. The lowest BCUT2D eigenvalue weighted by molar-refractivity contribution is -0.142. The van der Waals surface area contributed by atoms with Crippen LogP contribution < -0.4 is 30.7 Å². The summed E-state index contributed by atoms with van der Waals surface area (Å²) in [5.41, 5.74) is 3.42. The molecule has 0 aliphatic carbocycles. The van der Waals surface area contributed by atoms with Crippen LogP contribution in [0.15, 0.2) is 96.8 Å². The molecule has 0 saturated carbocycles. The largest absolute Gasteiger partial charge is 0.417 e. The summed E-state index contributed by atoms with van der Waals surface area (Å²) in [5.74, 6) is -4.09.